The van der Waals surface area contributed by atoms with Crippen LogP contribution in [0.3, 0.4) is 0 Å². The normalized spacial score (nSPS) is 31.6. The minimum absolute atomic E-state index is 0.0845. The zero-order chi connectivity index (χ0) is 19.1. The van der Waals surface area contributed by atoms with Crippen LogP contribution in [0, 0.1) is 35.5 Å². The third kappa shape index (κ3) is 5.72. The second-order valence-corrected chi connectivity index (χ2v) is 7.84. The Hall–Kier alpha value is -1.57. The predicted octanol–water partition coefficient (Wildman–Crippen LogP) is 3.54. The first-order chi connectivity index (χ1) is 12.4. The van der Waals surface area contributed by atoms with Gasteiger partial charge in [-0.1, -0.05) is 30.7 Å². The Morgan fingerprint density at radius 3 is 2.85 bits per heavy atom. The van der Waals surface area contributed by atoms with Crippen molar-refractivity contribution in [2.75, 3.05) is 0 Å². The number of aliphatic carboxylic acids is 1. The van der Waals surface area contributed by atoms with E-state index in [1.165, 1.54) is 5.57 Å². The summed E-state index contributed by atoms with van der Waals surface area (Å²) in [5.41, 5.74) is 1.41. The van der Waals surface area contributed by atoms with Gasteiger partial charge in [0.05, 0.1) is 12.2 Å². The number of fused-ring (bicyclic) bond motifs is 1. The summed E-state index contributed by atoms with van der Waals surface area (Å²) < 4.78 is 0. The topological polar surface area (TPSA) is 77.8 Å². The smallest absolute Gasteiger partial charge is 0.303 e. The van der Waals surface area contributed by atoms with Crippen molar-refractivity contribution in [2.45, 2.75) is 71.0 Å². The molecule has 0 aromatic heterocycles. The van der Waals surface area contributed by atoms with Crippen LogP contribution < -0.4 is 0 Å². The number of unbranched alkanes of at least 4 members (excludes halogenated alkanes) is 1. The molecule has 4 nitrogen and oxygen atoms in total. The van der Waals surface area contributed by atoms with Gasteiger partial charge in [0.2, 0.25) is 0 Å². The summed E-state index contributed by atoms with van der Waals surface area (Å²) in [4.78, 5) is 10.6. The third-order valence-corrected chi connectivity index (χ3v) is 5.85. The number of aliphatic hydroxyl groups excluding tert-OH is 2. The fourth-order valence-electron chi connectivity index (χ4n) is 4.31. The molecule has 144 valence electrons. The van der Waals surface area contributed by atoms with E-state index in [9.17, 15) is 15.0 Å². The highest BCUT2D eigenvalue weighted by molar-refractivity contribution is 5.66. The van der Waals surface area contributed by atoms with Gasteiger partial charge >= 0.3 is 5.97 Å². The van der Waals surface area contributed by atoms with Crippen molar-refractivity contribution in [1.82, 2.24) is 0 Å². The number of aliphatic hydroxyl groups is 2. The monoisotopic (exact) mass is 360 g/mol. The molecule has 0 heterocycles. The molecule has 6 atom stereocenters. The minimum atomic E-state index is -0.738. The maximum Gasteiger partial charge on any atom is 0.303 e. The molecule has 0 radical (unpaired) electrons. The summed E-state index contributed by atoms with van der Waals surface area (Å²) in [6.07, 6.45) is 10.4. The first kappa shape index (κ1) is 20.7. The van der Waals surface area contributed by atoms with E-state index in [0.29, 0.717) is 24.7 Å². The summed E-state index contributed by atoms with van der Waals surface area (Å²) in [7, 11) is 0. The van der Waals surface area contributed by atoms with Crippen molar-refractivity contribution >= 4 is 5.97 Å². The molecule has 3 N–H and O–H groups in total. The maximum atomic E-state index is 10.6. The number of allylic oxidation sites excluding steroid dienone is 2. The van der Waals surface area contributed by atoms with Gasteiger partial charge in [-0.15, -0.1) is 11.8 Å². The van der Waals surface area contributed by atoms with E-state index < -0.39 is 12.1 Å². The van der Waals surface area contributed by atoms with Crippen molar-refractivity contribution in [2.24, 2.45) is 23.7 Å². The molecule has 2 aliphatic carbocycles. The predicted molar refractivity (Wildman–Crippen MR) is 102 cm³/mol. The quantitative estimate of drug-likeness (QED) is 0.351. The fraction of sp³-hybridized carbons (Fsp3) is 0.682. The molecule has 0 aromatic rings. The molecule has 0 saturated heterocycles. The fourth-order valence-corrected chi connectivity index (χ4v) is 4.31. The Morgan fingerprint density at radius 1 is 1.38 bits per heavy atom. The molecule has 0 aromatic carbocycles. The van der Waals surface area contributed by atoms with Gasteiger partial charge in [-0.2, -0.15) is 0 Å². The zero-order valence-corrected chi connectivity index (χ0v) is 15.9. The van der Waals surface area contributed by atoms with Gasteiger partial charge in [0, 0.05) is 18.8 Å². The first-order valence-electron chi connectivity index (χ1n) is 9.76. The van der Waals surface area contributed by atoms with E-state index in [1.54, 1.807) is 6.92 Å². The molecule has 0 amide bonds. The summed E-state index contributed by atoms with van der Waals surface area (Å²) in [6.45, 7) is 3.79. The Labute approximate surface area is 157 Å². The average molecular weight is 360 g/mol. The van der Waals surface area contributed by atoms with Gasteiger partial charge < -0.3 is 15.3 Å². The Balaban J connectivity index is 1.89. The van der Waals surface area contributed by atoms with Gasteiger partial charge in [-0.05, 0) is 56.8 Å². The molecule has 2 rings (SSSR count). The van der Waals surface area contributed by atoms with Gasteiger partial charge in [-0.25, -0.2) is 0 Å². The summed E-state index contributed by atoms with van der Waals surface area (Å²) in [6, 6.07) is 0. The SMILES string of the molecule is CC#CC[C@H](C)[C@@H](O)/C=C/[C@@H]1[C@H]2C/C(=C/CCCC(=O)O)C[C@H]2C[C@H]1O. The van der Waals surface area contributed by atoms with E-state index in [-0.39, 0.29) is 24.4 Å². The molecule has 2 fully saturated rings. The van der Waals surface area contributed by atoms with Gasteiger partial charge in [0.25, 0.3) is 0 Å². The number of rotatable bonds is 8. The molecular formula is C22H32O4. The van der Waals surface area contributed by atoms with Crippen LogP contribution in [0.15, 0.2) is 23.8 Å². The number of carboxylic acid groups (broad SMARTS) is 1. The van der Waals surface area contributed by atoms with Crippen molar-refractivity contribution in [3.63, 3.8) is 0 Å². The van der Waals surface area contributed by atoms with E-state index >= 15 is 0 Å². The summed E-state index contributed by atoms with van der Waals surface area (Å²) in [5.74, 6) is 6.25. The second kappa shape index (κ2) is 9.94. The first-order valence-corrected chi connectivity index (χ1v) is 9.76. The van der Waals surface area contributed by atoms with Crippen LogP contribution in [0.1, 0.15) is 58.8 Å². The van der Waals surface area contributed by atoms with E-state index in [1.807, 2.05) is 19.1 Å². The van der Waals surface area contributed by atoms with Crippen molar-refractivity contribution in [3.8, 4) is 11.8 Å². The van der Waals surface area contributed by atoms with Crippen LogP contribution in [0.2, 0.25) is 0 Å². The highest BCUT2D eigenvalue weighted by atomic mass is 16.4. The Bertz CT molecular complexity index is 595. The number of carbonyl (C=O) groups is 1. The van der Waals surface area contributed by atoms with Crippen LogP contribution in [0.4, 0.5) is 0 Å². The zero-order valence-electron chi connectivity index (χ0n) is 15.9. The lowest BCUT2D eigenvalue weighted by atomic mass is 9.89. The Kier molecular flexibility index (Phi) is 7.93. The van der Waals surface area contributed by atoms with Gasteiger partial charge in [-0.3, -0.25) is 4.79 Å². The van der Waals surface area contributed by atoms with Gasteiger partial charge in [0.15, 0.2) is 0 Å². The molecule has 26 heavy (non-hydrogen) atoms. The molecule has 4 heteroatoms. The summed E-state index contributed by atoms with van der Waals surface area (Å²) >= 11 is 0. The van der Waals surface area contributed by atoms with E-state index in [0.717, 1.165) is 25.7 Å². The van der Waals surface area contributed by atoms with Crippen molar-refractivity contribution < 1.29 is 20.1 Å². The number of hydrogen-bond acceptors (Lipinski definition) is 3. The molecule has 2 saturated carbocycles. The molecular weight excluding hydrogens is 328 g/mol. The highest BCUT2D eigenvalue weighted by Crippen LogP contribution is 2.50. The van der Waals surface area contributed by atoms with Crippen LogP contribution in [-0.4, -0.2) is 33.5 Å². The highest BCUT2D eigenvalue weighted by Gasteiger charge is 2.44. The van der Waals surface area contributed by atoms with E-state index in [2.05, 4.69) is 17.9 Å². The molecule has 0 aliphatic heterocycles. The number of carboxylic acids is 1. The lowest BCUT2D eigenvalue weighted by Crippen LogP contribution is -2.19. The van der Waals surface area contributed by atoms with Gasteiger partial charge in [0.1, 0.15) is 0 Å². The molecule has 0 unspecified atom stereocenters. The molecule has 0 spiro atoms. The molecule has 2 aliphatic rings. The van der Waals surface area contributed by atoms with Crippen LogP contribution >= 0.6 is 0 Å². The van der Waals surface area contributed by atoms with Crippen LogP contribution in [0.25, 0.3) is 0 Å². The van der Waals surface area contributed by atoms with Crippen molar-refractivity contribution in [1.29, 1.82) is 0 Å². The lowest BCUT2D eigenvalue weighted by Gasteiger charge is -2.19. The largest absolute Gasteiger partial charge is 0.481 e. The summed E-state index contributed by atoms with van der Waals surface area (Å²) in [5, 5.41) is 29.4. The standard InChI is InChI=1S/C22H32O4/c1-3-4-7-15(2)20(23)11-10-18-19-13-16(8-5-6-9-22(25)26)12-17(19)14-21(18)24/h8,10-11,15,17-21,23-24H,5-7,9,12-14H2,1-2H3,(H,25,26)/b11-10+,16-8+/t15-,17-,18+,19-,20-,21+/m0/s1. The lowest BCUT2D eigenvalue weighted by molar-refractivity contribution is -0.137. The minimum Gasteiger partial charge on any atom is -0.481 e. The van der Waals surface area contributed by atoms with Crippen LogP contribution in [0.5, 0.6) is 0 Å². The Morgan fingerprint density at radius 2 is 2.15 bits per heavy atom. The third-order valence-electron chi connectivity index (χ3n) is 5.85. The average Bonchev–Trinajstić information content (AvgIpc) is 3.10. The second-order valence-electron chi connectivity index (χ2n) is 7.84. The van der Waals surface area contributed by atoms with Crippen LogP contribution in [-0.2, 0) is 4.79 Å². The maximum absolute atomic E-state index is 10.6. The van der Waals surface area contributed by atoms with E-state index in [4.69, 9.17) is 5.11 Å². The number of hydrogen-bond donors (Lipinski definition) is 3. The van der Waals surface area contributed by atoms with Crippen molar-refractivity contribution in [3.05, 3.63) is 23.8 Å². The molecule has 0 bridgehead atoms.